The molecule has 0 spiro atoms. The van der Waals surface area contributed by atoms with Gasteiger partial charge in [-0.2, -0.15) is 0 Å². The summed E-state index contributed by atoms with van der Waals surface area (Å²) in [7, 11) is 0.546. The van der Waals surface area contributed by atoms with Crippen molar-refractivity contribution in [2.75, 3.05) is 0 Å². The molecule has 1 nitrogen and oxygen atoms in total. The standard InChI is InChI=1S/C6H10OSi2.Zn/c8-7-9-6-4-2-1-3-5-6;/h1-5H,9H2,8H3;. The molecular formula is C6H10OSi2Zn. The molecule has 1 rings (SSSR count). The van der Waals surface area contributed by atoms with Crippen LogP contribution >= 0.6 is 0 Å². The van der Waals surface area contributed by atoms with Crippen LogP contribution in [0.15, 0.2) is 30.3 Å². The van der Waals surface area contributed by atoms with Gasteiger partial charge in [0.15, 0.2) is 9.76 Å². The van der Waals surface area contributed by atoms with Crippen LogP contribution in [0.4, 0.5) is 0 Å². The van der Waals surface area contributed by atoms with E-state index in [1.165, 1.54) is 5.19 Å². The fourth-order valence-corrected chi connectivity index (χ4v) is 2.54. The second kappa shape index (κ2) is 5.98. The van der Waals surface area contributed by atoms with Gasteiger partial charge in [-0.25, -0.2) is 0 Å². The Morgan fingerprint density at radius 3 is 2.30 bits per heavy atom. The van der Waals surface area contributed by atoms with E-state index >= 15 is 0 Å². The number of benzene rings is 1. The summed E-state index contributed by atoms with van der Waals surface area (Å²) in [6.45, 7) is 0. The van der Waals surface area contributed by atoms with Crippen molar-refractivity contribution in [3.8, 4) is 0 Å². The van der Waals surface area contributed by atoms with Crippen LogP contribution < -0.4 is 5.19 Å². The summed E-state index contributed by atoms with van der Waals surface area (Å²) in [5.41, 5.74) is 0. The van der Waals surface area contributed by atoms with E-state index in [1.807, 2.05) is 6.07 Å². The third kappa shape index (κ3) is 3.42. The first-order valence-corrected chi connectivity index (χ1v) is 5.06. The quantitative estimate of drug-likeness (QED) is 0.562. The molecule has 10 heavy (non-hydrogen) atoms. The van der Waals surface area contributed by atoms with Gasteiger partial charge in [0.1, 0.15) is 10.5 Å². The molecule has 4 heteroatoms. The van der Waals surface area contributed by atoms with Crippen molar-refractivity contribution in [3.05, 3.63) is 30.3 Å². The van der Waals surface area contributed by atoms with Crippen LogP contribution in [0.25, 0.3) is 0 Å². The molecule has 0 N–H and O–H groups in total. The molecule has 0 fully saturated rings. The van der Waals surface area contributed by atoms with Gasteiger partial charge in [-0.1, -0.05) is 30.3 Å². The summed E-state index contributed by atoms with van der Waals surface area (Å²) in [6.07, 6.45) is 0. The Morgan fingerprint density at radius 1 is 1.20 bits per heavy atom. The molecule has 0 radical (unpaired) electrons. The van der Waals surface area contributed by atoms with Crippen LogP contribution in [0.3, 0.4) is 0 Å². The first kappa shape index (κ1) is 10.2. The minimum atomic E-state index is -0.339. The Balaban J connectivity index is 0.000000810. The van der Waals surface area contributed by atoms with Gasteiger partial charge in [0.25, 0.3) is 0 Å². The predicted molar refractivity (Wildman–Crippen MR) is 45.6 cm³/mol. The molecule has 0 bridgehead atoms. The monoisotopic (exact) mass is 218 g/mol. The molecule has 0 aromatic heterocycles. The van der Waals surface area contributed by atoms with Crippen molar-refractivity contribution in [3.63, 3.8) is 0 Å². The number of rotatable bonds is 2. The summed E-state index contributed by atoms with van der Waals surface area (Å²) in [4.78, 5) is 0. The largest absolute Gasteiger partial charge is 0.465 e. The second-order valence-corrected chi connectivity index (χ2v) is 5.33. The minimum absolute atomic E-state index is 0. The molecule has 0 amide bonds. The van der Waals surface area contributed by atoms with E-state index < -0.39 is 0 Å². The van der Waals surface area contributed by atoms with Gasteiger partial charge in [0.05, 0.1) is 0 Å². The summed E-state index contributed by atoms with van der Waals surface area (Å²) >= 11 is 0. The van der Waals surface area contributed by atoms with Crippen molar-refractivity contribution in [1.82, 2.24) is 0 Å². The van der Waals surface area contributed by atoms with E-state index in [-0.39, 0.29) is 29.2 Å². The molecule has 0 saturated carbocycles. The first-order valence-electron chi connectivity index (χ1n) is 2.96. The van der Waals surface area contributed by atoms with Crippen LogP contribution in [0.1, 0.15) is 0 Å². The molecule has 0 saturated heterocycles. The van der Waals surface area contributed by atoms with Crippen molar-refractivity contribution < 1.29 is 23.6 Å². The zero-order valence-electron chi connectivity index (χ0n) is 6.21. The molecular weight excluding hydrogens is 210 g/mol. The Kier molecular flexibility index (Phi) is 6.12. The third-order valence-electron chi connectivity index (χ3n) is 1.15. The summed E-state index contributed by atoms with van der Waals surface area (Å²) in [5.74, 6) is 0. The molecule has 0 unspecified atom stereocenters. The van der Waals surface area contributed by atoms with Gasteiger partial charge in [-0.15, -0.1) is 0 Å². The molecule has 1 aromatic carbocycles. The molecule has 0 aliphatic rings. The maximum Gasteiger partial charge on any atom is 0.178 e. The van der Waals surface area contributed by atoms with Crippen molar-refractivity contribution >= 4 is 25.4 Å². The Hall–Kier alpha value is 0.237. The zero-order chi connectivity index (χ0) is 6.53. The van der Waals surface area contributed by atoms with Crippen LogP contribution in [0.5, 0.6) is 0 Å². The Bertz CT molecular complexity index is 169. The molecule has 0 aliphatic heterocycles. The average Bonchev–Trinajstić information content (AvgIpc) is 1.91. The minimum Gasteiger partial charge on any atom is -0.465 e. The normalized spacial score (nSPS) is 10.0. The van der Waals surface area contributed by atoms with Gasteiger partial charge in [0.2, 0.25) is 0 Å². The van der Waals surface area contributed by atoms with Crippen LogP contribution in [-0.2, 0) is 23.6 Å². The van der Waals surface area contributed by atoms with E-state index in [9.17, 15) is 0 Å². The fourth-order valence-electron chi connectivity index (χ4n) is 0.741. The Morgan fingerprint density at radius 2 is 1.80 bits per heavy atom. The van der Waals surface area contributed by atoms with Crippen molar-refractivity contribution in [2.45, 2.75) is 0 Å². The van der Waals surface area contributed by atoms with Crippen LogP contribution in [0.2, 0.25) is 0 Å². The number of hydrogen-bond acceptors (Lipinski definition) is 1. The number of hydrogen-bond donors (Lipinski definition) is 0. The third-order valence-corrected chi connectivity index (χ3v) is 3.11. The summed E-state index contributed by atoms with van der Waals surface area (Å²) in [5, 5.41) is 1.40. The van der Waals surface area contributed by atoms with Crippen LogP contribution in [-0.4, -0.2) is 20.2 Å². The van der Waals surface area contributed by atoms with E-state index in [0.717, 1.165) is 10.5 Å². The van der Waals surface area contributed by atoms with E-state index in [0.29, 0.717) is 0 Å². The van der Waals surface area contributed by atoms with E-state index in [1.54, 1.807) is 0 Å². The molecule has 1 aromatic rings. The van der Waals surface area contributed by atoms with E-state index in [4.69, 9.17) is 4.12 Å². The predicted octanol–water partition coefficient (Wildman–Crippen LogP) is -1.31. The molecule has 0 atom stereocenters. The van der Waals surface area contributed by atoms with Gasteiger partial charge in [0, 0.05) is 19.5 Å². The SMILES string of the molecule is [SiH3]O[SiH2]c1ccccc1.[Zn]. The average molecular weight is 220 g/mol. The van der Waals surface area contributed by atoms with Gasteiger partial charge in [-0.05, 0) is 5.19 Å². The van der Waals surface area contributed by atoms with Crippen molar-refractivity contribution in [1.29, 1.82) is 0 Å². The summed E-state index contributed by atoms with van der Waals surface area (Å²) in [6, 6.07) is 10.4. The maximum absolute atomic E-state index is 5.21. The second-order valence-electron chi connectivity index (χ2n) is 1.92. The smallest absolute Gasteiger partial charge is 0.178 e. The van der Waals surface area contributed by atoms with Gasteiger partial charge >= 0.3 is 0 Å². The van der Waals surface area contributed by atoms with Crippen molar-refractivity contribution in [2.24, 2.45) is 0 Å². The molecule has 0 heterocycles. The van der Waals surface area contributed by atoms with Crippen LogP contribution in [0, 0.1) is 0 Å². The van der Waals surface area contributed by atoms with E-state index in [2.05, 4.69) is 24.3 Å². The maximum atomic E-state index is 5.21. The molecule has 0 aliphatic carbocycles. The first-order chi connectivity index (χ1) is 4.43. The Labute approximate surface area is 79.4 Å². The zero-order valence-corrected chi connectivity index (χ0v) is 12.6. The van der Waals surface area contributed by atoms with Gasteiger partial charge in [-0.3, -0.25) is 0 Å². The van der Waals surface area contributed by atoms with Gasteiger partial charge < -0.3 is 4.12 Å². The summed E-state index contributed by atoms with van der Waals surface area (Å²) < 4.78 is 5.21. The topological polar surface area (TPSA) is 9.23 Å². The fraction of sp³-hybridized carbons (Fsp3) is 0. The molecule has 50 valence electrons.